The van der Waals surface area contributed by atoms with E-state index in [0.29, 0.717) is 12.3 Å². The molecule has 0 saturated carbocycles. The van der Waals surface area contributed by atoms with Crippen LogP contribution in [0.2, 0.25) is 0 Å². The number of unbranched alkanes of at least 4 members (excludes halogenated alkanes) is 4. The first-order valence-corrected chi connectivity index (χ1v) is 21.2. The Labute approximate surface area is 294 Å². The van der Waals surface area contributed by atoms with E-state index in [1.54, 1.807) is 0 Å². The molecule has 1 rings (SSSR count). The topological polar surface area (TPSA) is 149 Å². The molecule has 0 spiro atoms. The summed E-state index contributed by atoms with van der Waals surface area (Å²) in [5, 5.41) is 38.8. The summed E-state index contributed by atoms with van der Waals surface area (Å²) in [4.78, 5) is 12.2. The zero-order chi connectivity index (χ0) is 36.0. The summed E-state index contributed by atoms with van der Waals surface area (Å²) < 4.78 is 27.0. The van der Waals surface area contributed by atoms with Crippen LogP contribution in [-0.4, -0.2) is 64.3 Å². The van der Waals surface area contributed by atoms with E-state index in [2.05, 4.69) is 41.5 Å². The Morgan fingerprint density at radius 3 is 1.42 bits per heavy atom. The van der Waals surface area contributed by atoms with Gasteiger partial charge in [-0.2, -0.15) is 0 Å². The fourth-order valence-electron chi connectivity index (χ4n) is 7.00. The summed E-state index contributed by atoms with van der Waals surface area (Å²) >= 11 is 0. The van der Waals surface area contributed by atoms with Gasteiger partial charge >= 0.3 is 0 Å². The number of phosphoric ester groups is 1. The van der Waals surface area contributed by atoms with Gasteiger partial charge in [0.05, 0.1) is 13.2 Å². The first-order chi connectivity index (χ1) is 22.8. The highest BCUT2D eigenvalue weighted by Crippen LogP contribution is 2.42. The SMILES string of the molecule is CCCCCCCC(C)CCCC(C)CCCC(C)CCCC(C)CCCC(C)CCCOP(=O)([O-])O[C@@H]1O[C@H](CO)[C@@H](O)[C@H](O)[C@@H]1O. The number of hydrogen-bond acceptors (Lipinski definition) is 9. The van der Waals surface area contributed by atoms with Gasteiger partial charge < -0.3 is 34.6 Å². The Morgan fingerprint density at radius 1 is 0.604 bits per heavy atom. The molecule has 1 fully saturated rings. The summed E-state index contributed by atoms with van der Waals surface area (Å²) in [7, 11) is -4.83. The molecule has 6 unspecified atom stereocenters. The second kappa shape index (κ2) is 26.7. The molecule has 0 bridgehead atoms. The highest BCUT2D eigenvalue weighted by Gasteiger charge is 2.45. The lowest BCUT2D eigenvalue weighted by Gasteiger charge is -2.41. The summed E-state index contributed by atoms with van der Waals surface area (Å²) in [6, 6.07) is 0. The number of aliphatic hydroxyl groups excluding tert-OH is 4. The highest BCUT2D eigenvalue weighted by molar-refractivity contribution is 7.45. The van der Waals surface area contributed by atoms with Crippen molar-refractivity contribution in [2.24, 2.45) is 29.6 Å². The van der Waals surface area contributed by atoms with Gasteiger partial charge in [0.25, 0.3) is 7.82 Å². The van der Waals surface area contributed by atoms with Gasteiger partial charge in [0.15, 0.2) is 6.29 Å². The normalized spacial score (nSPS) is 26.1. The van der Waals surface area contributed by atoms with Crippen LogP contribution in [0.15, 0.2) is 0 Å². The Bertz CT molecular complexity index is 815. The molecular formula is C38H76O9P-. The van der Waals surface area contributed by atoms with Gasteiger partial charge in [0.2, 0.25) is 0 Å². The van der Waals surface area contributed by atoms with Crippen LogP contribution in [0.4, 0.5) is 0 Å². The van der Waals surface area contributed by atoms with Crippen LogP contribution >= 0.6 is 7.82 Å². The quantitative estimate of drug-likeness (QED) is 0.0427. The second-order valence-corrected chi connectivity index (χ2v) is 17.0. The maximum atomic E-state index is 12.2. The van der Waals surface area contributed by atoms with E-state index in [4.69, 9.17) is 13.8 Å². The minimum Gasteiger partial charge on any atom is -0.756 e. The standard InChI is InChI=1S/C38H77O9P/c1-7-8-9-10-11-17-29(2)18-12-19-30(3)20-13-21-31(4)22-14-23-32(5)24-15-25-33(6)26-16-27-45-48(43,44)47-38-37(42)36(41)35(40)34(28-39)46-38/h29-42H,7-28H2,1-6H3,(H,43,44)/p-1/t29?,30?,31?,32?,33?,34-,35-,36+,37+,38+/m1/s1. The van der Waals surface area contributed by atoms with Gasteiger partial charge in [0, 0.05) is 0 Å². The molecule has 1 aliphatic rings. The second-order valence-electron chi connectivity index (χ2n) is 15.7. The lowest BCUT2D eigenvalue weighted by Crippen LogP contribution is -2.59. The van der Waals surface area contributed by atoms with Crippen LogP contribution in [0.1, 0.15) is 170 Å². The van der Waals surface area contributed by atoms with Crippen LogP contribution in [-0.2, 0) is 18.3 Å². The van der Waals surface area contributed by atoms with Crippen LogP contribution in [0.3, 0.4) is 0 Å². The first-order valence-electron chi connectivity index (χ1n) is 19.7. The molecule has 48 heavy (non-hydrogen) atoms. The van der Waals surface area contributed by atoms with Gasteiger partial charge in [0.1, 0.15) is 24.4 Å². The molecule has 10 heteroatoms. The molecule has 0 aromatic carbocycles. The molecule has 0 aromatic heterocycles. The van der Waals surface area contributed by atoms with Crippen LogP contribution < -0.4 is 4.89 Å². The summed E-state index contributed by atoms with van der Waals surface area (Å²) in [5.74, 6) is 3.73. The molecule has 11 atom stereocenters. The van der Waals surface area contributed by atoms with Crippen molar-refractivity contribution in [2.75, 3.05) is 13.2 Å². The third kappa shape index (κ3) is 21.3. The number of hydrogen-bond donors (Lipinski definition) is 4. The van der Waals surface area contributed by atoms with E-state index < -0.39 is 45.1 Å². The van der Waals surface area contributed by atoms with E-state index in [9.17, 15) is 29.9 Å². The van der Waals surface area contributed by atoms with Gasteiger partial charge in [-0.3, -0.25) is 9.09 Å². The number of aliphatic hydroxyl groups is 4. The third-order valence-electron chi connectivity index (χ3n) is 10.5. The van der Waals surface area contributed by atoms with Crippen molar-refractivity contribution in [3.05, 3.63) is 0 Å². The predicted octanol–water partition coefficient (Wildman–Crippen LogP) is 8.29. The average molecular weight is 708 g/mol. The lowest BCUT2D eigenvalue weighted by atomic mass is 9.89. The molecule has 288 valence electrons. The zero-order valence-electron chi connectivity index (χ0n) is 31.6. The zero-order valence-corrected chi connectivity index (χ0v) is 32.5. The summed E-state index contributed by atoms with van der Waals surface area (Å²) in [5.41, 5.74) is 0. The van der Waals surface area contributed by atoms with Gasteiger partial charge in [-0.25, -0.2) is 0 Å². The number of phosphoric acid groups is 1. The van der Waals surface area contributed by atoms with E-state index in [1.807, 2.05) is 0 Å². The van der Waals surface area contributed by atoms with E-state index in [-0.39, 0.29) is 6.61 Å². The van der Waals surface area contributed by atoms with E-state index in [1.165, 1.54) is 103 Å². The smallest absolute Gasteiger partial charge is 0.270 e. The van der Waals surface area contributed by atoms with Crippen molar-refractivity contribution < 1.29 is 43.7 Å². The minimum absolute atomic E-state index is 0.0609. The molecule has 0 radical (unpaired) electrons. The highest BCUT2D eigenvalue weighted by atomic mass is 31.2. The fourth-order valence-corrected chi connectivity index (χ4v) is 7.84. The molecule has 1 heterocycles. The van der Waals surface area contributed by atoms with Gasteiger partial charge in [-0.05, 0) is 42.4 Å². The van der Waals surface area contributed by atoms with Crippen molar-refractivity contribution in [3.8, 4) is 0 Å². The molecule has 1 saturated heterocycles. The fraction of sp³-hybridized carbons (Fsp3) is 1.00. The van der Waals surface area contributed by atoms with Crippen LogP contribution in [0.25, 0.3) is 0 Å². The Kier molecular flexibility index (Phi) is 25.5. The van der Waals surface area contributed by atoms with Crippen molar-refractivity contribution in [3.63, 3.8) is 0 Å². The molecule has 0 amide bonds. The maximum absolute atomic E-state index is 12.2. The first kappa shape index (κ1) is 45.9. The molecule has 0 aliphatic carbocycles. The number of ether oxygens (including phenoxy) is 1. The summed E-state index contributed by atoms with van der Waals surface area (Å²) in [6.45, 7) is 13.4. The van der Waals surface area contributed by atoms with E-state index in [0.717, 1.165) is 42.9 Å². The monoisotopic (exact) mass is 708 g/mol. The predicted molar refractivity (Wildman–Crippen MR) is 192 cm³/mol. The van der Waals surface area contributed by atoms with Gasteiger partial charge in [-0.15, -0.1) is 0 Å². The molecule has 0 aromatic rings. The largest absolute Gasteiger partial charge is 0.756 e. The van der Waals surface area contributed by atoms with Crippen LogP contribution in [0, 0.1) is 29.6 Å². The third-order valence-corrected chi connectivity index (χ3v) is 11.5. The van der Waals surface area contributed by atoms with Crippen molar-refractivity contribution in [2.45, 2.75) is 201 Å². The Hall–Kier alpha value is -0.0900. The summed E-state index contributed by atoms with van der Waals surface area (Å²) in [6.07, 6.45) is 17.3. The molecule has 1 aliphatic heterocycles. The lowest BCUT2D eigenvalue weighted by molar-refractivity contribution is -0.304. The van der Waals surface area contributed by atoms with E-state index >= 15 is 0 Å². The minimum atomic E-state index is -4.83. The Balaban J connectivity index is 2.06. The Morgan fingerprint density at radius 2 is 1.00 bits per heavy atom. The molecule has 4 N–H and O–H groups in total. The molecule has 9 nitrogen and oxygen atoms in total. The average Bonchev–Trinajstić information content (AvgIpc) is 3.03. The number of rotatable bonds is 30. The van der Waals surface area contributed by atoms with Gasteiger partial charge in [-0.1, -0.05) is 157 Å². The van der Waals surface area contributed by atoms with Crippen molar-refractivity contribution in [1.29, 1.82) is 0 Å². The van der Waals surface area contributed by atoms with Crippen molar-refractivity contribution in [1.82, 2.24) is 0 Å². The van der Waals surface area contributed by atoms with Crippen molar-refractivity contribution >= 4 is 7.82 Å². The molecular weight excluding hydrogens is 631 g/mol. The maximum Gasteiger partial charge on any atom is 0.270 e. The van der Waals surface area contributed by atoms with Crippen LogP contribution in [0.5, 0.6) is 0 Å².